The number of carbonyl (C=O) groups excluding carboxylic acids is 1. The summed E-state index contributed by atoms with van der Waals surface area (Å²) in [4.78, 5) is 25.2. The highest BCUT2D eigenvalue weighted by Crippen LogP contribution is 2.25. The molecule has 1 N–H and O–H groups in total. The number of carbonyl (C=O) groups is 2. The molecule has 6 heteroatoms. The Balaban J connectivity index is 2.03. The highest BCUT2D eigenvalue weighted by Gasteiger charge is 2.39. The van der Waals surface area contributed by atoms with E-state index in [1.807, 2.05) is 32.5 Å². The summed E-state index contributed by atoms with van der Waals surface area (Å²) in [6.07, 6.45) is 1.71. The Hall–Kier alpha value is -1.85. The van der Waals surface area contributed by atoms with Crippen LogP contribution in [-0.2, 0) is 23.1 Å². The van der Waals surface area contributed by atoms with Gasteiger partial charge in [0.15, 0.2) is 0 Å². The molecule has 1 aliphatic heterocycles. The van der Waals surface area contributed by atoms with E-state index in [4.69, 9.17) is 0 Å². The lowest BCUT2D eigenvalue weighted by Gasteiger charge is -2.23. The fourth-order valence-corrected chi connectivity index (χ4v) is 3.16. The summed E-state index contributed by atoms with van der Waals surface area (Å²) in [7, 11) is 1.89. The molecule has 2 rings (SSSR count). The smallest absolute Gasteiger partial charge is 0.326 e. The molecular weight excluding hydrogens is 270 g/mol. The molecule has 0 aliphatic carbocycles. The van der Waals surface area contributed by atoms with Crippen molar-refractivity contribution in [2.45, 2.75) is 46.1 Å². The number of rotatable bonds is 4. The Bertz CT molecular complexity index is 565. The first kappa shape index (κ1) is 15.5. The number of hydrogen-bond acceptors (Lipinski definition) is 3. The van der Waals surface area contributed by atoms with Gasteiger partial charge < -0.3 is 10.0 Å². The fraction of sp³-hybridized carbons (Fsp3) is 0.667. The number of aliphatic carboxylic acids is 1. The maximum atomic E-state index is 12.3. The van der Waals surface area contributed by atoms with Crippen LogP contribution >= 0.6 is 0 Å². The number of aromatic nitrogens is 2. The van der Waals surface area contributed by atoms with Crippen LogP contribution in [0.3, 0.4) is 0 Å². The number of aryl methyl sites for hydroxylation is 2. The molecule has 1 aliphatic rings. The molecule has 0 radical (unpaired) electrons. The monoisotopic (exact) mass is 293 g/mol. The van der Waals surface area contributed by atoms with E-state index in [2.05, 4.69) is 5.10 Å². The number of likely N-dealkylation sites (tertiary alicyclic amines) is 1. The molecule has 0 aromatic carbocycles. The van der Waals surface area contributed by atoms with Gasteiger partial charge in [-0.05, 0) is 38.2 Å². The zero-order valence-electron chi connectivity index (χ0n) is 13.1. The molecule has 1 aromatic rings. The second-order valence-electron chi connectivity index (χ2n) is 5.91. The summed E-state index contributed by atoms with van der Waals surface area (Å²) >= 11 is 0. The van der Waals surface area contributed by atoms with Crippen molar-refractivity contribution in [2.24, 2.45) is 13.0 Å². The number of hydrogen-bond donors (Lipinski definition) is 1. The van der Waals surface area contributed by atoms with Gasteiger partial charge in [0.2, 0.25) is 5.91 Å². The lowest BCUT2D eigenvalue weighted by molar-refractivity contribution is -0.149. The molecule has 0 spiro atoms. The van der Waals surface area contributed by atoms with Gasteiger partial charge in [-0.1, -0.05) is 6.92 Å². The van der Waals surface area contributed by atoms with Crippen LogP contribution < -0.4 is 0 Å². The van der Waals surface area contributed by atoms with Gasteiger partial charge in [0.05, 0.1) is 5.69 Å². The van der Waals surface area contributed by atoms with E-state index in [1.165, 1.54) is 4.90 Å². The molecule has 21 heavy (non-hydrogen) atoms. The van der Waals surface area contributed by atoms with Gasteiger partial charge in [0.25, 0.3) is 0 Å². The van der Waals surface area contributed by atoms with E-state index in [0.29, 0.717) is 19.4 Å². The summed E-state index contributed by atoms with van der Waals surface area (Å²) in [5.41, 5.74) is 3.09. The molecule has 2 atom stereocenters. The number of carboxylic acids is 1. The molecule has 1 aromatic heterocycles. The number of carboxylic acid groups (broad SMARTS) is 1. The third-order valence-corrected chi connectivity index (χ3v) is 4.52. The van der Waals surface area contributed by atoms with Gasteiger partial charge in [-0.25, -0.2) is 4.79 Å². The van der Waals surface area contributed by atoms with Crippen LogP contribution in [0.1, 0.15) is 36.7 Å². The van der Waals surface area contributed by atoms with E-state index in [9.17, 15) is 14.7 Å². The zero-order chi connectivity index (χ0) is 15.7. The van der Waals surface area contributed by atoms with E-state index < -0.39 is 12.0 Å². The minimum atomic E-state index is -0.901. The summed E-state index contributed by atoms with van der Waals surface area (Å²) in [5, 5.41) is 13.6. The van der Waals surface area contributed by atoms with Crippen LogP contribution in [0.25, 0.3) is 0 Å². The topological polar surface area (TPSA) is 75.4 Å². The average molecular weight is 293 g/mol. The van der Waals surface area contributed by atoms with Crippen molar-refractivity contribution in [1.82, 2.24) is 14.7 Å². The van der Waals surface area contributed by atoms with Crippen molar-refractivity contribution in [3.63, 3.8) is 0 Å². The predicted molar refractivity (Wildman–Crippen MR) is 77.9 cm³/mol. The highest BCUT2D eigenvalue weighted by atomic mass is 16.4. The number of nitrogens with zero attached hydrogens (tertiary/aromatic N) is 3. The van der Waals surface area contributed by atoms with Gasteiger partial charge >= 0.3 is 5.97 Å². The summed E-state index contributed by atoms with van der Waals surface area (Å²) in [6.45, 7) is 6.35. The van der Waals surface area contributed by atoms with E-state index >= 15 is 0 Å². The lowest BCUT2D eigenvalue weighted by Crippen LogP contribution is -2.42. The Morgan fingerprint density at radius 2 is 2.05 bits per heavy atom. The largest absolute Gasteiger partial charge is 0.480 e. The fourth-order valence-electron chi connectivity index (χ4n) is 3.16. The molecule has 1 amide bonds. The molecule has 0 bridgehead atoms. The molecule has 116 valence electrons. The van der Waals surface area contributed by atoms with Crippen LogP contribution in [0.15, 0.2) is 0 Å². The van der Waals surface area contributed by atoms with E-state index in [0.717, 1.165) is 23.4 Å². The van der Waals surface area contributed by atoms with Crippen molar-refractivity contribution < 1.29 is 14.7 Å². The van der Waals surface area contributed by atoms with Crippen LogP contribution in [0.2, 0.25) is 0 Å². The van der Waals surface area contributed by atoms with Gasteiger partial charge in [-0.3, -0.25) is 9.48 Å². The van der Waals surface area contributed by atoms with Crippen molar-refractivity contribution in [2.75, 3.05) is 6.54 Å². The Morgan fingerprint density at radius 3 is 2.57 bits per heavy atom. The van der Waals surface area contributed by atoms with Crippen molar-refractivity contribution >= 4 is 11.9 Å². The first-order chi connectivity index (χ1) is 9.82. The first-order valence-electron chi connectivity index (χ1n) is 7.34. The van der Waals surface area contributed by atoms with Crippen LogP contribution in [0, 0.1) is 19.8 Å². The van der Waals surface area contributed by atoms with Crippen LogP contribution in [-0.4, -0.2) is 44.3 Å². The average Bonchev–Trinajstić information content (AvgIpc) is 2.89. The maximum Gasteiger partial charge on any atom is 0.326 e. The summed E-state index contributed by atoms with van der Waals surface area (Å²) in [5.74, 6) is -0.954. The van der Waals surface area contributed by atoms with Gasteiger partial charge in [0.1, 0.15) is 6.04 Å². The third kappa shape index (κ3) is 2.94. The first-order valence-corrected chi connectivity index (χ1v) is 7.34. The van der Waals surface area contributed by atoms with Gasteiger partial charge in [-0.2, -0.15) is 5.10 Å². The van der Waals surface area contributed by atoms with Gasteiger partial charge in [-0.15, -0.1) is 0 Å². The summed E-state index contributed by atoms with van der Waals surface area (Å²) in [6, 6.07) is -0.673. The van der Waals surface area contributed by atoms with Gasteiger partial charge in [0, 0.05) is 25.7 Å². The Kier molecular flexibility index (Phi) is 4.34. The van der Waals surface area contributed by atoms with Crippen molar-refractivity contribution in [3.8, 4) is 0 Å². The van der Waals surface area contributed by atoms with Crippen molar-refractivity contribution in [3.05, 3.63) is 17.0 Å². The molecule has 1 fully saturated rings. The van der Waals surface area contributed by atoms with E-state index in [-0.39, 0.29) is 11.8 Å². The second-order valence-corrected chi connectivity index (χ2v) is 5.91. The minimum Gasteiger partial charge on any atom is -0.480 e. The SMILES string of the molecule is Cc1nn(C)c(C)c1CCC(=O)N1CCC(C)C1C(=O)O. The minimum absolute atomic E-state index is 0.0216. The van der Waals surface area contributed by atoms with Crippen LogP contribution in [0.5, 0.6) is 0 Å². The standard InChI is InChI=1S/C15H23N3O3/c1-9-7-8-18(14(9)15(20)21)13(19)6-5-12-10(2)16-17(4)11(12)3/h9,14H,5-8H2,1-4H3,(H,20,21). The summed E-state index contributed by atoms with van der Waals surface area (Å²) < 4.78 is 1.81. The lowest BCUT2D eigenvalue weighted by atomic mass is 10.0. The Morgan fingerprint density at radius 1 is 1.38 bits per heavy atom. The molecule has 2 unspecified atom stereocenters. The highest BCUT2D eigenvalue weighted by molar-refractivity contribution is 5.84. The zero-order valence-corrected chi connectivity index (χ0v) is 13.1. The predicted octanol–water partition coefficient (Wildman–Crippen LogP) is 1.29. The molecule has 6 nitrogen and oxygen atoms in total. The molecular formula is C15H23N3O3. The normalized spacial score (nSPS) is 21.8. The quantitative estimate of drug-likeness (QED) is 0.907. The number of amides is 1. The molecule has 1 saturated heterocycles. The molecule has 2 heterocycles. The Labute approximate surface area is 124 Å². The second kappa shape index (κ2) is 5.87. The maximum absolute atomic E-state index is 12.3. The molecule has 0 saturated carbocycles. The van der Waals surface area contributed by atoms with E-state index in [1.54, 1.807) is 0 Å². The van der Waals surface area contributed by atoms with Crippen molar-refractivity contribution in [1.29, 1.82) is 0 Å². The van der Waals surface area contributed by atoms with Crippen LogP contribution in [0.4, 0.5) is 0 Å². The third-order valence-electron chi connectivity index (χ3n) is 4.52.